The summed E-state index contributed by atoms with van der Waals surface area (Å²) < 4.78 is 0. The highest BCUT2D eigenvalue weighted by atomic mass is 16.5. The van der Waals surface area contributed by atoms with Gasteiger partial charge in [-0.25, -0.2) is 0 Å². The van der Waals surface area contributed by atoms with Crippen molar-refractivity contribution in [1.82, 2.24) is 0 Å². The Labute approximate surface area is 69.2 Å². The van der Waals surface area contributed by atoms with Crippen molar-refractivity contribution in [2.75, 3.05) is 0 Å². The quantitative estimate of drug-likeness (QED) is 0.619. The first-order valence-electron chi connectivity index (χ1n) is 4.26. The molecule has 0 saturated heterocycles. The molecule has 0 unspecified atom stereocenters. The van der Waals surface area contributed by atoms with E-state index in [1.807, 2.05) is 27.7 Å². The SMILES string of the molecule is CCCCC(O)(O)C(C)(C)C. The molecular weight excluding hydrogens is 140 g/mol. The minimum atomic E-state index is -1.51. The van der Waals surface area contributed by atoms with Gasteiger partial charge in [0.05, 0.1) is 0 Å². The van der Waals surface area contributed by atoms with Crippen LogP contribution in [0.2, 0.25) is 0 Å². The Morgan fingerprint density at radius 2 is 1.55 bits per heavy atom. The summed E-state index contributed by atoms with van der Waals surface area (Å²) in [5.41, 5.74) is -0.442. The summed E-state index contributed by atoms with van der Waals surface area (Å²) in [4.78, 5) is 0. The Bertz CT molecular complexity index is 111. The van der Waals surface area contributed by atoms with Crippen LogP contribution in [-0.2, 0) is 0 Å². The molecule has 0 radical (unpaired) electrons. The smallest absolute Gasteiger partial charge is 0.167 e. The molecule has 68 valence electrons. The van der Waals surface area contributed by atoms with Crippen LogP contribution < -0.4 is 0 Å². The molecule has 0 aliphatic heterocycles. The van der Waals surface area contributed by atoms with Crippen molar-refractivity contribution < 1.29 is 10.2 Å². The van der Waals surface area contributed by atoms with Gasteiger partial charge < -0.3 is 10.2 Å². The third-order valence-corrected chi connectivity index (χ3v) is 2.08. The van der Waals surface area contributed by atoms with E-state index in [1.54, 1.807) is 0 Å². The Balaban J connectivity index is 4.00. The molecule has 11 heavy (non-hydrogen) atoms. The van der Waals surface area contributed by atoms with Crippen molar-refractivity contribution >= 4 is 0 Å². The minimum absolute atomic E-state index is 0.442. The van der Waals surface area contributed by atoms with Crippen molar-refractivity contribution in [2.24, 2.45) is 5.41 Å². The lowest BCUT2D eigenvalue weighted by molar-refractivity contribution is -0.232. The molecule has 0 aromatic carbocycles. The highest BCUT2D eigenvalue weighted by Crippen LogP contribution is 2.31. The van der Waals surface area contributed by atoms with Gasteiger partial charge in [0.1, 0.15) is 0 Å². The van der Waals surface area contributed by atoms with Gasteiger partial charge in [-0.15, -0.1) is 0 Å². The topological polar surface area (TPSA) is 40.5 Å². The molecule has 0 aromatic rings. The molecule has 0 bridgehead atoms. The maximum atomic E-state index is 9.54. The van der Waals surface area contributed by atoms with Crippen LogP contribution in [0.4, 0.5) is 0 Å². The van der Waals surface area contributed by atoms with Gasteiger partial charge >= 0.3 is 0 Å². The van der Waals surface area contributed by atoms with E-state index in [-0.39, 0.29) is 0 Å². The summed E-state index contributed by atoms with van der Waals surface area (Å²) >= 11 is 0. The van der Waals surface area contributed by atoms with Gasteiger partial charge in [0.25, 0.3) is 0 Å². The highest BCUT2D eigenvalue weighted by molar-refractivity contribution is 4.79. The predicted octanol–water partition coefficient (Wildman–Crippen LogP) is 1.90. The van der Waals surface area contributed by atoms with Gasteiger partial charge in [0.2, 0.25) is 0 Å². The first-order valence-corrected chi connectivity index (χ1v) is 4.26. The van der Waals surface area contributed by atoms with Crippen molar-refractivity contribution in [3.8, 4) is 0 Å². The molecule has 0 heterocycles. The predicted molar refractivity (Wildman–Crippen MR) is 46.1 cm³/mol. The van der Waals surface area contributed by atoms with Gasteiger partial charge in [-0.3, -0.25) is 0 Å². The monoisotopic (exact) mass is 160 g/mol. The molecular formula is C9H20O2. The van der Waals surface area contributed by atoms with E-state index in [9.17, 15) is 10.2 Å². The molecule has 2 nitrogen and oxygen atoms in total. The normalized spacial score (nSPS) is 13.6. The molecule has 0 aromatic heterocycles. The molecule has 0 aliphatic rings. The maximum Gasteiger partial charge on any atom is 0.167 e. The average Bonchev–Trinajstić information content (AvgIpc) is 1.81. The van der Waals surface area contributed by atoms with E-state index in [0.717, 1.165) is 12.8 Å². The van der Waals surface area contributed by atoms with Gasteiger partial charge in [0.15, 0.2) is 5.79 Å². The van der Waals surface area contributed by atoms with Gasteiger partial charge in [-0.1, -0.05) is 34.1 Å². The van der Waals surface area contributed by atoms with Crippen molar-refractivity contribution in [2.45, 2.75) is 52.7 Å². The van der Waals surface area contributed by atoms with Crippen molar-refractivity contribution in [3.05, 3.63) is 0 Å². The van der Waals surface area contributed by atoms with Gasteiger partial charge in [-0.05, 0) is 6.42 Å². The highest BCUT2D eigenvalue weighted by Gasteiger charge is 2.36. The van der Waals surface area contributed by atoms with Crippen LogP contribution in [-0.4, -0.2) is 16.0 Å². The fraction of sp³-hybridized carbons (Fsp3) is 1.00. The molecule has 0 aliphatic carbocycles. The summed E-state index contributed by atoms with van der Waals surface area (Å²) in [5, 5.41) is 19.1. The Kier molecular flexibility index (Phi) is 3.52. The molecule has 0 saturated carbocycles. The van der Waals surface area contributed by atoms with E-state index < -0.39 is 11.2 Å². The first-order chi connectivity index (χ1) is 4.81. The van der Waals surface area contributed by atoms with Crippen LogP contribution in [0.3, 0.4) is 0 Å². The Morgan fingerprint density at radius 1 is 1.09 bits per heavy atom. The summed E-state index contributed by atoms with van der Waals surface area (Å²) in [7, 11) is 0. The third-order valence-electron chi connectivity index (χ3n) is 2.08. The van der Waals surface area contributed by atoms with Crippen LogP contribution in [0.25, 0.3) is 0 Å². The summed E-state index contributed by atoms with van der Waals surface area (Å²) in [6.45, 7) is 7.55. The number of hydrogen-bond acceptors (Lipinski definition) is 2. The third kappa shape index (κ3) is 3.21. The zero-order valence-corrected chi connectivity index (χ0v) is 8.02. The first kappa shape index (κ1) is 10.9. The molecule has 2 heteroatoms. The van der Waals surface area contributed by atoms with E-state index in [2.05, 4.69) is 0 Å². The molecule has 0 amide bonds. The molecule has 0 spiro atoms. The van der Waals surface area contributed by atoms with E-state index in [0.29, 0.717) is 6.42 Å². The van der Waals surface area contributed by atoms with Crippen LogP contribution in [0.5, 0.6) is 0 Å². The second-order valence-electron chi connectivity index (χ2n) is 4.17. The van der Waals surface area contributed by atoms with Crippen LogP contribution >= 0.6 is 0 Å². The number of aliphatic hydroxyl groups is 2. The molecule has 0 rings (SSSR count). The largest absolute Gasteiger partial charge is 0.365 e. The number of unbranched alkanes of at least 4 members (excludes halogenated alkanes) is 1. The second-order valence-corrected chi connectivity index (χ2v) is 4.17. The maximum absolute atomic E-state index is 9.54. The zero-order chi connectivity index (χ0) is 9.12. The molecule has 2 N–H and O–H groups in total. The zero-order valence-electron chi connectivity index (χ0n) is 8.02. The lowest BCUT2D eigenvalue weighted by Gasteiger charge is -2.35. The van der Waals surface area contributed by atoms with Crippen LogP contribution in [0.1, 0.15) is 47.0 Å². The lowest BCUT2D eigenvalue weighted by atomic mass is 9.82. The van der Waals surface area contributed by atoms with Crippen LogP contribution in [0.15, 0.2) is 0 Å². The molecule has 0 atom stereocenters. The number of hydrogen-bond donors (Lipinski definition) is 2. The molecule has 0 fully saturated rings. The number of rotatable bonds is 3. The second kappa shape index (κ2) is 3.55. The standard InChI is InChI=1S/C9H20O2/c1-5-6-7-9(10,11)8(2,3)4/h10-11H,5-7H2,1-4H3. The van der Waals surface area contributed by atoms with Gasteiger partial charge in [-0.2, -0.15) is 0 Å². The average molecular weight is 160 g/mol. The summed E-state index contributed by atoms with van der Waals surface area (Å²) in [6, 6.07) is 0. The van der Waals surface area contributed by atoms with E-state index in [4.69, 9.17) is 0 Å². The van der Waals surface area contributed by atoms with Gasteiger partial charge in [0, 0.05) is 11.8 Å². The van der Waals surface area contributed by atoms with Crippen LogP contribution in [0, 0.1) is 5.41 Å². The van der Waals surface area contributed by atoms with E-state index in [1.165, 1.54) is 0 Å². The summed E-state index contributed by atoms with van der Waals surface area (Å²) in [6.07, 6.45) is 2.33. The summed E-state index contributed by atoms with van der Waals surface area (Å²) in [5.74, 6) is -1.51. The Morgan fingerprint density at radius 3 is 1.82 bits per heavy atom. The van der Waals surface area contributed by atoms with Crippen molar-refractivity contribution in [3.63, 3.8) is 0 Å². The minimum Gasteiger partial charge on any atom is -0.365 e. The Hall–Kier alpha value is -0.0800. The fourth-order valence-electron chi connectivity index (χ4n) is 0.798. The lowest BCUT2D eigenvalue weighted by Crippen LogP contribution is -2.42. The van der Waals surface area contributed by atoms with E-state index >= 15 is 0 Å². The fourth-order valence-corrected chi connectivity index (χ4v) is 0.798. The van der Waals surface area contributed by atoms with Crippen molar-refractivity contribution in [1.29, 1.82) is 0 Å².